The number of aromatic nitrogens is 5. The van der Waals surface area contributed by atoms with Gasteiger partial charge in [-0.3, -0.25) is 4.79 Å². The Balaban J connectivity index is 1.23. The molecule has 1 saturated heterocycles. The first kappa shape index (κ1) is 27.9. The molecule has 0 atom stereocenters. The van der Waals surface area contributed by atoms with Crippen LogP contribution in [0.3, 0.4) is 0 Å². The highest BCUT2D eigenvalue weighted by atomic mass is 16.5. The molecule has 0 spiro atoms. The van der Waals surface area contributed by atoms with E-state index in [1.54, 1.807) is 60.1 Å². The van der Waals surface area contributed by atoms with Crippen LogP contribution in [0.4, 0.5) is 22.0 Å². The van der Waals surface area contributed by atoms with E-state index in [1.807, 2.05) is 31.1 Å². The normalized spacial score (nSPS) is 13.4. The largest absolute Gasteiger partial charge is 0.378 e. The van der Waals surface area contributed by atoms with Gasteiger partial charge in [0.2, 0.25) is 0 Å². The van der Waals surface area contributed by atoms with Gasteiger partial charge in [-0.1, -0.05) is 5.21 Å². The molecule has 0 aliphatic carbocycles. The first-order valence-electron chi connectivity index (χ1n) is 13.4. The van der Waals surface area contributed by atoms with Crippen molar-refractivity contribution in [3.63, 3.8) is 0 Å². The van der Waals surface area contributed by atoms with Gasteiger partial charge in [0, 0.05) is 62.8 Å². The molecule has 0 unspecified atom stereocenters. The molecule has 0 saturated carbocycles. The van der Waals surface area contributed by atoms with Crippen molar-refractivity contribution in [1.29, 1.82) is 0 Å². The molecule has 2 N–H and O–H groups in total. The van der Waals surface area contributed by atoms with Crippen molar-refractivity contribution in [2.75, 3.05) is 76.1 Å². The number of carbonyl (C=O) groups excluding carboxylic acids is 2. The van der Waals surface area contributed by atoms with E-state index in [2.05, 4.69) is 25.8 Å². The van der Waals surface area contributed by atoms with Crippen molar-refractivity contribution in [1.82, 2.24) is 34.8 Å². The van der Waals surface area contributed by atoms with Gasteiger partial charge < -0.3 is 30.1 Å². The maximum atomic E-state index is 12.6. The lowest BCUT2D eigenvalue weighted by Crippen LogP contribution is -2.37. The van der Waals surface area contributed by atoms with Crippen LogP contribution in [-0.4, -0.2) is 107 Å². The fraction of sp³-hybridized carbons (Fsp3) is 0.357. The maximum absolute atomic E-state index is 12.6. The van der Waals surface area contributed by atoms with Crippen LogP contribution in [0, 0.1) is 0 Å². The Kier molecular flexibility index (Phi) is 8.36. The van der Waals surface area contributed by atoms with Gasteiger partial charge in [0.25, 0.3) is 5.91 Å². The summed E-state index contributed by atoms with van der Waals surface area (Å²) in [7, 11) is 7.52. The van der Waals surface area contributed by atoms with E-state index < -0.39 is 6.03 Å². The number of benzene rings is 2. The van der Waals surface area contributed by atoms with E-state index in [0.717, 1.165) is 17.9 Å². The number of hydrogen-bond donors (Lipinski definition) is 2. The number of nitrogens with one attached hydrogen (secondary N) is 2. The Morgan fingerprint density at radius 3 is 2.17 bits per heavy atom. The van der Waals surface area contributed by atoms with Crippen LogP contribution in [0.15, 0.2) is 48.5 Å². The van der Waals surface area contributed by atoms with Gasteiger partial charge in [0.1, 0.15) is 0 Å². The number of carbonyl (C=O) groups is 2. The number of anilines is 3. The molecule has 3 heterocycles. The van der Waals surface area contributed by atoms with Crippen LogP contribution in [-0.2, 0) is 11.8 Å². The van der Waals surface area contributed by atoms with E-state index in [4.69, 9.17) is 14.7 Å². The fourth-order valence-electron chi connectivity index (χ4n) is 4.39. The molecular formula is C28H34N10O3. The van der Waals surface area contributed by atoms with Crippen molar-refractivity contribution in [3.8, 4) is 11.4 Å². The van der Waals surface area contributed by atoms with Crippen LogP contribution < -0.4 is 15.5 Å². The van der Waals surface area contributed by atoms with E-state index in [1.165, 1.54) is 0 Å². The number of likely N-dealkylation sites (N-methyl/N-ethyl adjacent to an activating group) is 2. The summed E-state index contributed by atoms with van der Waals surface area (Å²) >= 11 is 0. The Morgan fingerprint density at radius 1 is 0.902 bits per heavy atom. The first-order valence-corrected chi connectivity index (χ1v) is 13.4. The maximum Gasteiger partial charge on any atom is 0.323 e. The number of ether oxygens (including phenoxy) is 1. The van der Waals surface area contributed by atoms with E-state index >= 15 is 0 Å². The molecule has 13 heteroatoms. The van der Waals surface area contributed by atoms with Gasteiger partial charge in [0.05, 0.1) is 13.2 Å². The van der Waals surface area contributed by atoms with Crippen molar-refractivity contribution < 1.29 is 14.3 Å². The number of rotatable bonds is 8. The smallest absolute Gasteiger partial charge is 0.323 e. The summed E-state index contributed by atoms with van der Waals surface area (Å²) in [5, 5.41) is 14.0. The summed E-state index contributed by atoms with van der Waals surface area (Å²) < 4.78 is 7.13. The number of morpholine rings is 1. The van der Waals surface area contributed by atoms with Crippen LogP contribution in [0.1, 0.15) is 10.4 Å². The van der Waals surface area contributed by atoms with Crippen LogP contribution >= 0.6 is 0 Å². The van der Waals surface area contributed by atoms with Crippen molar-refractivity contribution >= 4 is 40.3 Å². The second-order valence-corrected chi connectivity index (χ2v) is 10.1. The molecule has 3 amide bonds. The average molecular weight is 559 g/mol. The lowest BCUT2D eigenvalue weighted by atomic mass is 10.2. The minimum Gasteiger partial charge on any atom is -0.378 e. The quantitative estimate of drug-likeness (QED) is 0.335. The molecule has 1 fully saturated rings. The summed E-state index contributed by atoms with van der Waals surface area (Å²) in [5.74, 6) is 1.21. The van der Waals surface area contributed by atoms with E-state index in [0.29, 0.717) is 66.8 Å². The first-order chi connectivity index (χ1) is 19.8. The highest BCUT2D eigenvalue weighted by Gasteiger charge is 2.21. The van der Waals surface area contributed by atoms with Crippen molar-refractivity contribution in [3.05, 3.63) is 54.1 Å². The molecule has 214 valence electrons. The van der Waals surface area contributed by atoms with Gasteiger partial charge in [0.15, 0.2) is 22.8 Å². The number of urea groups is 1. The number of fused-ring (bicyclic) bond motifs is 1. The average Bonchev–Trinajstić information content (AvgIpc) is 3.36. The molecule has 2 aromatic carbocycles. The number of nitrogens with zero attached hydrogens (tertiary/aromatic N) is 8. The lowest BCUT2D eigenvalue weighted by Gasteiger charge is -2.27. The van der Waals surface area contributed by atoms with Crippen LogP contribution in [0.25, 0.3) is 22.6 Å². The van der Waals surface area contributed by atoms with Gasteiger partial charge >= 0.3 is 6.03 Å². The minimum absolute atomic E-state index is 0.0669. The second kappa shape index (κ2) is 12.3. The fourth-order valence-corrected chi connectivity index (χ4v) is 4.39. The number of amides is 3. The highest BCUT2D eigenvalue weighted by Crippen LogP contribution is 2.27. The zero-order valence-electron chi connectivity index (χ0n) is 23.7. The molecule has 2 aromatic heterocycles. The summed E-state index contributed by atoms with van der Waals surface area (Å²) in [6, 6.07) is 13.7. The van der Waals surface area contributed by atoms with E-state index in [9.17, 15) is 9.59 Å². The highest BCUT2D eigenvalue weighted by molar-refractivity contribution is 6.00. The zero-order valence-corrected chi connectivity index (χ0v) is 23.7. The Hall–Kier alpha value is -4.62. The summed E-state index contributed by atoms with van der Waals surface area (Å²) in [6.07, 6.45) is 0. The molecule has 5 rings (SSSR count). The lowest BCUT2D eigenvalue weighted by molar-refractivity contribution is 0.0786. The van der Waals surface area contributed by atoms with Gasteiger partial charge in [-0.2, -0.15) is 0 Å². The summed E-state index contributed by atoms with van der Waals surface area (Å²) in [4.78, 5) is 40.6. The van der Waals surface area contributed by atoms with Gasteiger partial charge in [-0.15, -0.1) is 5.10 Å². The Morgan fingerprint density at radius 2 is 1.54 bits per heavy atom. The summed E-state index contributed by atoms with van der Waals surface area (Å²) in [6.45, 7) is 4.09. The van der Waals surface area contributed by atoms with Gasteiger partial charge in [-0.05, 0) is 62.6 Å². The third-order valence-corrected chi connectivity index (χ3v) is 6.76. The topological polar surface area (TPSA) is 134 Å². The predicted octanol–water partition coefficient (Wildman–Crippen LogP) is 2.54. The molecular weight excluding hydrogens is 524 g/mol. The molecule has 4 aromatic rings. The molecule has 0 radical (unpaired) electrons. The van der Waals surface area contributed by atoms with Crippen molar-refractivity contribution in [2.24, 2.45) is 7.05 Å². The predicted molar refractivity (Wildman–Crippen MR) is 157 cm³/mol. The molecule has 0 bridgehead atoms. The third-order valence-electron chi connectivity index (χ3n) is 6.76. The second-order valence-electron chi connectivity index (χ2n) is 10.1. The van der Waals surface area contributed by atoms with Crippen LogP contribution in [0.5, 0.6) is 0 Å². The third kappa shape index (κ3) is 6.58. The van der Waals surface area contributed by atoms with Crippen molar-refractivity contribution in [2.45, 2.75) is 0 Å². The zero-order chi connectivity index (χ0) is 28.9. The number of hydrogen-bond acceptors (Lipinski definition) is 9. The molecule has 1 aliphatic heterocycles. The van der Waals surface area contributed by atoms with Crippen LogP contribution in [0.2, 0.25) is 0 Å². The molecule has 13 nitrogen and oxygen atoms in total. The summed E-state index contributed by atoms with van der Waals surface area (Å²) in [5.41, 5.74) is 3.84. The Bertz CT molecular complexity index is 1510. The molecule has 41 heavy (non-hydrogen) atoms. The van der Waals surface area contributed by atoms with E-state index in [-0.39, 0.29) is 5.91 Å². The minimum atomic E-state index is -0.395. The van der Waals surface area contributed by atoms with Gasteiger partial charge in [-0.25, -0.2) is 19.4 Å². The monoisotopic (exact) mass is 558 g/mol. The molecule has 1 aliphatic rings. The Labute approximate surface area is 238 Å². The SMILES string of the molecule is CN(C)CCN(C)C(=O)c1ccc(NC(=O)Nc2ccc(-c3nc(N4CCOCC4)c4nnn(C)c4n3)cc2)cc1. The number of aryl methyl sites for hydroxylation is 1. The standard InChI is InChI=1S/C28H34N10O3/c1-35(2)13-14-36(3)27(39)20-7-11-22(12-8-20)30-28(40)29-21-9-5-19(6-10-21)24-31-25-23(33-34-37(25)4)26(32-24)38-15-17-41-18-16-38/h5-12H,13-18H2,1-4H3,(H2,29,30,40).